The van der Waals surface area contributed by atoms with E-state index in [9.17, 15) is 14.4 Å². The van der Waals surface area contributed by atoms with Gasteiger partial charge in [-0.05, 0) is 13.3 Å². The third-order valence-electron chi connectivity index (χ3n) is 2.06. The second-order valence-electron chi connectivity index (χ2n) is 3.28. The summed E-state index contributed by atoms with van der Waals surface area (Å²) in [5.41, 5.74) is 3.21. The minimum atomic E-state index is -2.10. The molecule has 0 amide bonds. The molecule has 0 saturated carbocycles. The van der Waals surface area contributed by atoms with Gasteiger partial charge in [0.05, 0.1) is 5.92 Å². The molecule has 0 bridgehead atoms. The van der Waals surface area contributed by atoms with Crippen molar-refractivity contribution in [2.24, 2.45) is 11.7 Å². The van der Waals surface area contributed by atoms with Gasteiger partial charge in [-0.1, -0.05) is 6.92 Å². The monoisotopic (exact) mass is 203 g/mol. The number of hydrogen-bond donors (Lipinski definition) is 3. The number of carboxylic acid groups (broad SMARTS) is 2. The van der Waals surface area contributed by atoms with Crippen molar-refractivity contribution in [1.82, 2.24) is 0 Å². The van der Waals surface area contributed by atoms with E-state index < -0.39 is 35.6 Å². The second-order valence-corrected chi connectivity index (χ2v) is 3.28. The van der Waals surface area contributed by atoms with Crippen LogP contribution in [0.1, 0.15) is 20.3 Å². The normalized spacial score (nSPS) is 16.8. The predicted molar refractivity (Wildman–Crippen MR) is 46.7 cm³/mol. The lowest BCUT2D eigenvalue weighted by Gasteiger charge is -2.23. The summed E-state index contributed by atoms with van der Waals surface area (Å²) in [6.45, 7) is 2.33. The molecule has 14 heavy (non-hydrogen) atoms. The first-order valence-electron chi connectivity index (χ1n) is 3.98. The van der Waals surface area contributed by atoms with Gasteiger partial charge in [0.1, 0.15) is 0 Å². The van der Waals surface area contributed by atoms with Crippen molar-refractivity contribution in [3.8, 4) is 0 Å². The van der Waals surface area contributed by atoms with Crippen LogP contribution in [0.15, 0.2) is 0 Å². The highest BCUT2D eigenvalue weighted by Crippen LogP contribution is 2.16. The molecule has 0 saturated heterocycles. The highest BCUT2D eigenvalue weighted by Gasteiger charge is 2.41. The summed E-state index contributed by atoms with van der Waals surface area (Å²) in [6.07, 6.45) is -0.410. The summed E-state index contributed by atoms with van der Waals surface area (Å²) in [7, 11) is 0. The molecule has 0 aliphatic carbocycles. The molecule has 1 unspecified atom stereocenters. The maximum atomic E-state index is 11.0. The molecule has 0 spiro atoms. The lowest BCUT2D eigenvalue weighted by Crippen LogP contribution is -2.55. The Hall–Kier alpha value is -1.43. The molecule has 0 fully saturated rings. The molecule has 0 radical (unpaired) electrons. The number of rotatable bonds is 5. The van der Waals surface area contributed by atoms with Crippen LogP contribution >= 0.6 is 0 Å². The van der Waals surface area contributed by atoms with E-state index in [0.29, 0.717) is 0 Å². The van der Waals surface area contributed by atoms with Gasteiger partial charge in [0.2, 0.25) is 0 Å². The van der Waals surface area contributed by atoms with Crippen LogP contribution in [0.4, 0.5) is 0 Å². The minimum Gasteiger partial charge on any atom is -0.481 e. The molecule has 0 rings (SSSR count). The first-order chi connectivity index (χ1) is 6.21. The number of nitrogens with two attached hydrogens (primary N) is 1. The number of ketones is 1. The zero-order chi connectivity index (χ0) is 11.5. The van der Waals surface area contributed by atoms with E-state index in [1.54, 1.807) is 0 Å². The van der Waals surface area contributed by atoms with Crippen molar-refractivity contribution in [3.63, 3.8) is 0 Å². The summed E-state index contributed by atoms with van der Waals surface area (Å²) in [5, 5.41) is 17.2. The zero-order valence-corrected chi connectivity index (χ0v) is 7.98. The van der Waals surface area contributed by atoms with Gasteiger partial charge in [0.15, 0.2) is 11.3 Å². The number of Topliss-reactive ketones (excluding diaryl/α,β-unsaturated/α-hetero) is 1. The molecule has 0 heterocycles. The molecule has 2 atom stereocenters. The van der Waals surface area contributed by atoms with Crippen LogP contribution in [-0.2, 0) is 14.4 Å². The van der Waals surface area contributed by atoms with Crippen LogP contribution in [0.2, 0.25) is 0 Å². The predicted octanol–water partition coefficient (Wildman–Crippen LogP) is -0.532. The molecule has 6 nitrogen and oxygen atoms in total. The molecule has 4 N–H and O–H groups in total. The number of carbonyl (C=O) groups is 3. The SMILES string of the molecule is CC(=O)[C@@](N)(CC(C)C(=O)O)C(=O)O. The molecule has 80 valence electrons. The molecular formula is C8H13NO5. The van der Waals surface area contributed by atoms with E-state index in [-0.39, 0.29) is 0 Å². The fraction of sp³-hybridized carbons (Fsp3) is 0.625. The lowest BCUT2D eigenvalue weighted by molar-refractivity contribution is -0.150. The van der Waals surface area contributed by atoms with E-state index in [4.69, 9.17) is 15.9 Å². The number of aliphatic carboxylic acids is 2. The molecule has 6 heteroatoms. The molecule has 0 aliphatic heterocycles. The standard InChI is InChI=1S/C8H13NO5/c1-4(6(11)12)3-8(9,5(2)10)7(13)14/h4H,3,9H2,1-2H3,(H,11,12)(H,13,14)/t4?,8-/m0/s1. The van der Waals surface area contributed by atoms with Gasteiger partial charge in [-0.15, -0.1) is 0 Å². The maximum Gasteiger partial charge on any atom is 0.331 e. The van der Waals surface area contributed by atoms with Crippen LogP contribution < -0.4 is 5.73 Å². The van der Waals surface area contributed by atoms with Gasteiger partial charge in [0, 0.05) is 0 Å². The first kappa shape index (κ1) is 12.6. The van der Waals surface area contributed by atoms with Crippen molar-refractivity contribution in [1.29, 1.82) is 0 Å². The molecule has 0 aromatic carbocycles. The fourth-order valence-corrected chi connectivity index (χ4v) is 0.952. The van der Waals surface area contributed by atoms with Gasteiger partial charge in [-0.25, -0.2) is 4.79 Å². The summed E-state index contributed by atoms with van der Waals surface area (Å²) in [6, 6.07) is 0. The molecule has 0 aromatic heterocycles. The van der Waals surface area contributed by atoms with Crippen LogP contribution in [0.3, 0.4) is 0 Å². The van der Waals surface area contributed by atoms with Crippen LogP contribution in [-0.4, -0.2) is 33.5 Å². The summed E-state index contributed by atoms with van der Waals surface area (Å²) in [5.74, 6) is -4.40. The maximum absolute atomic E-state index is 11.0. The van der Waals surface area contributed by atoms with Gasteiger partial charge >= 0.3 is 11.9 Å². The van der Waals surface area contributed by atoms with Crippen LogP contribution in [0.25, 0.3) is 0 Å². The quantitative estimate of drug-likeness (QED) is 0.517. The van der Waals surface area contributed by atoms with Gasteiger partial charge in [-0.2, -0.15) is 0 Å². The Labute approximate surface area is 80.7 Å². The fourth-order valence-electron chi connectivity index (χ4n) is 0.952. The second kappa shape index (κ2) is 4.19. The molecule has 0 aromatic rings. The van der Waals surface area contributed by atoms with E-state index in [1.165, 1.54) is 6.92 Å². The average Bonchev–Trinajstić information content (AvgIpc) is 2.02. The highest BCUT2D eigenvalue weighted by atomic mass is 16.4. The van der Waals surface area contributed by atoms with E-state index in [0.717, 1.165) is 6.92 Å². The zero-order valence-electron chi connectivity index (χ0n) is 7.98. The van der Waals surface area contributed by atoms with Gasteiger partial charge in [0.25, 0.3) is 0 Å². The molecule has 0 aliphatic rings. The smallest absolute Gasteiger partial charge is 0.331 e. The topological polar surface area (TPSA) is 118 Å². The Morgan fingerprint density at radius 1 is 1.36 bits per heavy atom. The van der Waals surface area contributed by atoms with Gasteiger partial charge < -0.3 is 15.9 Å². The lowest BCUT2D eigenvalue weighted by atomic mass is 9.86. The molecular weight excluding hydrogens is 190 g/mol. The Balaban J connectivity index is 4.79. The summed E-state index contributed by atoms with van der Waals surface area (Å²) in [4.78, 5) is 32.1. The first-order valence-corrected chi connectivity index (χ1v) is 3.98. The number of hydrogen-bond acceptors (Lipinski definition) is 4. The van der Waals surface area contributed by atoms with Crippen LogP contribution in [0, 0.1) is 5.92 Å². The van der Waals surface area contributed by atoms with Crippen molar-refractivity contribution in [2.45, 2.75) is 25.8 Å². The Morgan fingerprint density at radius 3 is 2.00 bits per heavy atom. The Morgan fingerprint density at radius 2 is 1.79 bits per heavy atom. The third-order valence-corrected chi connectivity index (χ3v) is 2.06. The number of carbonyl (C=O) groups excluding carboxylic acids is 1. The Bertz CT molecular complexity index is 259. The van der Waals surface area contributed by atoms with Crippen molar-refractivity contribution < 1.29 is 24.6 Å². The van der Waals surface area contributed by atoms with Crippen molar-refractivity contribution >= 4 is 17.7 Å². The highest BCUT2D eigenvalue weighted by molar-refractivity contribution is 6.06. The van der Waals surface area contributed by atoms with Crippen LogP contribution in [0.5, 0.6) is 0 Å². The van der Waals surface area contributed by atoms with E-state index >= 15 is 0 Å². The van der Waals surface area contributed by atoms with Gasteiger partial charge in [-0.3, -0.25) is 9.59 Å². The minimum absolute atomic E-state index is 0.410. The van der Waals surface area contributed by atoms with E-state index in [2.05, 4.69) is 0 Å². The third kappa shape index (κ3) is 2.53. The van der Waals surface area contributed by atoms with Crippen molar-refractivity contribution in [2.75, 3.05) is 0 Å². The number of carboxylic acids is 2. The largest absolute Gasteiger partial charge is 0.481 e. The Kier molecular flexibility index (Phi) is 3.76. The summed E-state index contributed by atoms with van der Waals surface area (Å²) < 4.78 is 0. The summed E-state index contributed by atoms with van der Waals surface area (Å²) >= 11 is 0. The van der Waals surface area contributed by atoms with Crippen molar-refractivity contribution in [3.05, 3.63) is 0 Å². The average molecular weight is 203 g/mol. The van der Waals surface area contributed by atoms with E-state index in [1.807, 2.05) is 0 Å².